The number of hydrogen-bond donors (Lipinski definition) is 2. The third kappa shape index (κ3) is 3.43. The van der Waals surface area contributed by atoms with Gasteiger partial charge in [-0.3, -0.25) is 0 Å². The first kappa shape index (κ1) is 11.7. The van der Waals surface area contributed by atoms with E-state index >= 15 is 0 Å². The molecule has 0 aliphatic carbocycles. The summed E-state index contributed by atoms with van der Waals surface area (Å²) in [7, 11) is 0. The lowest BCUT2D eigenvalue weighted by Crippen LogP contribution is -2.37. The molecule has 82 valence electrons. The maximum absolute atomic E-state index is 3.54. The molecule has 0 bridgehead atoms. The van der Waals surface area contributed by atoms with E-state index in [1.54, 1.807) is 5.57 Å². The zero-order valence-corrected chi connectivity index (χ0v) is 10.0. The molecule has 0 atom stereocenters. The van der Waals surface area contributed by atoms with Gasteiger partial charge in [0.25, 0.3) is 0 Å². The molecule has 1 heterocycles. The molecule has 0 spiro atoms. The van der Waals surface area contributed by atoms with Crippen LogP contribution in [0.2, 0.25) is 0 Å². The quantitative estimate of drug-likeness (QED) is 0.657. The first-order valence-corrected chi connectivity index (χ1v) is 5.64. The number of hydrogen-bond acceptors (Lipinski definition) is 2. The van der Waals surface area contributed by atoms with Gasteiger partial charge in [-0.05, 0) is 24.3 Å². The normalized spacial score (nSPS) is 16.7. The predicted octanol–water partition coefficient (Wildman–Crippen LogP) is 1.93. The van der Waals surface area contributed by atoms with Gasteiger partial charge in [-0.2, -0.15) is 0 Å². The maximum atomic E-state index is 3.54. The van der Waals surface area contributed by atoms with Crippen molar-refractivity contribution < 1.29 is 0 Å². The average Bonchev–Trinajstić information content (AvgIpc) is 2.01. The van der Waals surface area contributed by atoms with Crippen LogP contribution in [0.15, 0.2) is 11.1 Å². The van der Waals surface area contributed by atoms with Crippen molar-refractivity contribution in [3.05, 3.63) is 11.1 Å². The van der Waals surface area contributed by atoms with Crippen LogP contribution < -0.4 is 10.6 Å². The van der Waals surface area contributed by atoms with Gasteiger partial charge < -0.3 is 10.6 Å². The van der Waals surface area contributed by atoms with Gasteiger partial charge in [-0.1, -0.05) is 26.3 Å². The summed E-state index contributed by atoms with van der Waals surface area (Å²) in [6, 6.07) is 0. The summed E-state index contributed by atoms with van der Waals surface area (Å²) in [5, 5.41) is 6.81. The monoisotopic (exact) mass is 196 g/mol. The molecule has 0 amide bonds. The van der Waals surface area contributed by atoms with Gasteiger partial charge in [0.05, 0.1) is 0 Å². The smallest absolute Gasteiger partial charge is 0.0183 e. The fourth-order valence-corrected chi connectivity index (χ4v) is 1.39. The van der Waals surface area contributed by atoms with E-state index in [1.807, 2.05) is 0 Å². The van der Waals surface area contributed by atoms with E-state index < -0.39 is 0 Å². The largest absolute Gasteiger partial charge is 0.312 e. The predicted molar refractivity (Wildman–Crippen MR) is 62.5 cm³/mol. The average molecular weight is 196 g/mol. The first-order valence-electron chi connectivity index (χ1n) is 5.64. The molecule has 1 aliphatic rings. The molecule has 0 aromatic rings. The minimum Gasteiger partial charge on any atom is -0.312 e. The highest BCUT2D eigenvalue weighted by Crippen LogP contribution is 2.17. The van der Waals surface area contributed by atoms with Crippen molar-refractivity contribution in [2.24, 2.45) is 5.41 Å². The van der Waals surface area contributed by atoms with Crippen molar-refractivity contribution >= 4 is 0 Å². The molecule has 0 unspecified atom stereocenters. The third-order valence-corrected chi connectivity index (χ3v) is 3.23. The molecular weight excluding hydrogens is 172 g/mol. The van der Waals surface area contributed by atoms with E-state index in [1.165, 1.54) is 12.0 Å². The van der Waals surface area contributed by atoms with Gasteiger partial charge in [0.15, 0.2) is 0 Å². The summed E-state index contributed by atoms with van der Waals surface area (Å²) in [6.45, 7) is 13.5. The molecule has 1 fully saturated rings. The lowest BCUT2D eigenvalue weighted by Gasteiger charge is -2.25. The van der Waals surface area contributed by atoms with Crippen molar-refractivity contribution in [3.8, 4) is 0 Å². The van der Waals surface area contributed by atoms with E-state index in [0.717, 1.165) is 26.2 Å². The van der Waals surface area contributed by atoms with Gasteiger partial charge in [0.2, 0.25) is 0 Å². The zero-order valence-electron chi connectivity index (χ0n) is 10.0. The van der Waals surface area contributed by atoms with Crippen LogP contribution in [0.4, 0.5) is 0 Å². The fourth-order valence-electron chi connectivity index (χ4n) is 1.39. The second kappa shape index (κ2) is 4.94. The van der Waals surface area contributed by atoms with E-state index in [0.29, 0.717) is 5.41 Å². The Balaban J connectivity index is 2.21. The molecule has 2 nitrogen and oxygen atoms in total. The highest BCUT2D eigenvalue weighted by Gasteiger charge is 2.15. The van der Waals surface area contributed by atoms with Crippen molar-refractivity contribution in [2.75, 3.05) is 26.2 Å². The summed E-state index contributed by atoms with van der Waals surface area (Å²) >= 11 is 0. The van der Waals surface area contributed by atoms with Crippen LogP contribution in [-0.4, -0.2) is 26.2 Å². The van der Waals surface area contributed by atoms with Crippen LogP contribution in [-0.2, 0) is 0 Å². The second-order valence-corrected chi connectivity index (χ2v) is 5.11. The van der Waals surface area contributed by atoms with E-state index in [4.69, 9.17) is 0 Å². The highest BCUT2D eigenvalue weighted by atomic mass is 14.9. The maximum Gasteiger partial charge on any atom is 0.0183 e. The van der Waals surface area contributed by atoms with Gasteiger partial charge in [-0.15, -0.1) is 0 Å². The zero-order chi connectivity index (χ0) is 10.6. The van der Waals surface area contributed by atoms with Crippen LogP contribution in [0.1, 0.15) is 34.1 Å². The van der Waals surface area contributed by atoms with Crippen LogP contribution in [0, 0.1) is 5.41 Å². The Kier molecular flexibility index (Phi) is 4.14. The lowest BCUT2D eigenvalue weighted by atomic mass is 9.90. The number of rotatable bonds is 5. The molecule has 14 heavy (non-hydrogen) atoms. The van der Waals surface area contributed by atoms with Gasteiger partial charge in [0.1, 0.15) is 0 Å². The Labute approximate surface area is 88.2 Å². The van der Waals surface area contributed by atoms with E-state index in [2.05, 4.69) is 38.3 Å². The van der Waals surface area contributed by atoms with Crippen LogP contribution in [0.5, 0.6) is 0 Å². The van der Waals surface area contributed by atoms with Crippen LogP contribution in [0.3, 0.4) is 0 Å². The topological polar surface area (TPSA) is 24.1 Å². The molecule has 2 N–H and O–H groups in total. The molecular formula is C12H24N2. The second-order valence-electron chi connectivity index (χ2n) is 5.11. The summed E-state index contributed by atoms with van der Waals surface area (Å²) in [5.74, 6) is 0. The van der Waals surface area contributed by atoms with Crippen molar-refractivity contribution in [2.45, 2.75) is 34.1 Å². The lowest BCUT2D eigenvalue weighted by molar-refractivity contribution is 0.333. The fraction of sp³-hybridized carbons (Fsp3) is 0.833. The number of nitrogens with one attached hydrogen (secondary N) is 2. The Morgan fingerprint density at radius 3 is 2.50 bits per heavy atom. The molecule has 1 rings (SSSR count). The van der Waals surface area contributed by atoms with Crippen LogP contribution in [0.25, 0.3) is 0 Å². The Bertz CT molecular complexity index is 210. The SMILES string of the molecule is CCC(C)(C)CNCC(C)=C1CNC1. The summed E-state index contributed by atoms with van der Waals surface area (Å²) < 4.78 is 0. The Hall–Kier alpha value is -0.340. The van der Waals surface area contributed by atoms with Crippen molar-refractivity contribution in [1.29, 1.82) is 0 Å². The van der Waals surface area contributed by atoms with Crippen LogP contribution >= 0.6 is 0 Å². The molecule has 2 heteroatoms. The Morgan fingerprint density at radius 2 is 2.07 bits per heavy atom. The summed E-state index contributed by atoms with van der Waals surface area (Å²) in [4.78, 5) is 0. The molecule has 0 saturated carbocycles. The van der Waals surface area contributed by atoms with Crippen molar-refractivity contribution in [1.82, 2.24) is 10.6 Å². The highest BCUT2D eigenvalue weighted by molar-refractivity contribution is 5.22. The molecule has 0 aromatic carbocycles. The van der Waals surface area contributed by atoms with Gasteiger partial charge in [-0.25, -0.2) is 0 Å². The minimum absolute atomic E-state index is 0.433. The molecule has 0 aromatic heterocycles. The van der Waals surface area contributed by atoms with Crippen molar-refractivity contribution in [3.63, 3.8) is 0 Å². The van der Waals surface area contributed by atoms with Gasteiger partial charge >= 0.3 is 0 Å². The molecule has 0 radical (unpaired) electrons. The van der Waals surface area contributed by atoms with E-state index in [9.17, 15) is 0 Å². The summed E-state index contributed by atoms with van der Waals surface area (Å²) in [6.07, 6.45) is 1.23. The third-order valence-electron chi connectivity index (χ3n) is 3.23. The molecule has 1 saturated heterocycles. The molecule has 1 aliphatic heterocycles. The minimum atomic E-state index is 0.433. The van der Waals surface area contributed by atoms with Gasteiger partial charge in [0, 0.05) is 26.2 Å². The standard InChI is InChI=1S/C12H24N2/c1-5-12(3,4)9-14-6-10(2)11-7-13-8-11/h13-14H,5-9H2,1-4H3. The summed E-state index contributed by atoms with van der Waals surface area (Å²) in [5.41, 5.74) is 3.55. The van der Waals surface area contributed by atoms with E-state index in [-0.39, 0.29) is 0 Å². The first-order chi connectivity index (χ1) is 6.55. The Morgan fingerprint density at radius 1 is 1.43 bits per heavy atom.